The van der Waals surface area contributed by atoms with Crippen molar-refractivity contribution in [3.8, 4) is 5.75 Å². The molecule has 0 fully saturated rings. The van der Waals surface area contributed by atoms with Crippen LogP contribution in [-0.2, 0) is 4.79 Å². The third kappa shape index (κ3) is 3.92. The van der Waals surface area contributed by atoms with Crippen molar-refractivity contribution in [3.63, 3.8) is 0 Å². The van der Waals surface area contributed by atoms with Crippen LogP contribution in [0.3, 0.4) is 0 Å². The molecule has 3 N–H and O–H groups in total. The van der Waals surface area contributed by atoms with Crippen LogP contribution in [0.5, 0.6) is 5.75 Å². The van der Waals surface area contributed by atoms with Crippen LogP contribution in [0.25, 0.3) is 0 Å². The highest BCUT2D eigenvalue weighted by Crippen LogP contribution is 2.25. The molecule has 0 saturated carbocycles. The van der Waals surface area contributed by atoms with Crippen LogP contribution in [0.4, 0.5) is 4.39 Å². The van der Waals surface area contributed by atoms with Crippen molar-refractivity contribution in [2.45, 2.75) is 26.8 Å². The molecule has 106 valence electrons. The third-order valence-electron chi connectivity index (χ3n) is 3.15. The first-order valence-corrected chi connectivity index (χ1v) is 6.22. The second-order valence-corrected chi connectivity index (χ2v) is 5.27. The zero-order valence-corrected chi connectivity index (χ0v) is 11.7. The number of rotatable bonds is 5. The predicted octanol–water partition coefficient (Wildman–Crippen LogP) is 1.95. The van der Waals surface area contributed by atoms with Crippen molar-refractivity contribution in [2.75, 3.05) is 13.6 Å². The minimum atomic E-state index is -0.557. The molecule has 1 unspecified atom stereocenters. The summed E-state index contributed by atoms with van der Waals surface area (Å²) in [5.41, 5.74) is 0.0488. The Balaban J connectivity index is 2.70. The standard InChI is InChI=1S/C14H21FN2O2/c1-9(11-6-5-10(15)7-12(11)18)17-8-14(2,3)13(19)16-4/h5-7,9,17-18H,8H2,1-4H3,(H,16,19). The first-order chi connectivity index (χ1) is 8.77. The molecule has 1 amide bonds. The predicted molar refractivity (Wildman–Crippen MR) is 72.3 cm³/mol. The summed E-state index contributed by atoms with van der Waals surface area (Å²) in [4.78, 5) is 11.6. The largest absolute Gasteiger partial charge is 0.508 e. The Morgan fingerprint density at radius 2 is 2.11 bits per heavy atom. The van der Waals surface area contributed by atoms with Gasteiger partial charge in [-0.1, -0.05) is 6.07 Å². The van der Waals surface area contributed by atoms with Gasteiger partial charge in [0.15, 0.2) is 0 Å². The Morgan fingerprint density at radius 3 is 2.63 bits per heavy atom. The fourth-order valence-electron chi connectivity index (χ4n) is 1.82. The van der Waals surface area contributed by atoms with Crippen LogP contribution in [0.1, 0.15) is 32.4 Å². The monoisotopic (exact) mass is 268 g/mol. The van der Waals surface area contributed by atoms with Crippen molar-refractivity contribution in [2.24, 2.45) is 5.41 Å². The van der Waals surface area contributed by atoms with Gasteiger partial charge in [-0.2, -0.15) is 0 Å². The number of hydrogen-bond donors (Lipinski definition) is 3. The summed E-state index contributed by atoms with van der Waals surface area (Å²) < 4.78 is 12.9. The van der Waals surface area contributed by atoms with Crippen LogP contribution >= 0.6 is 0 Å². The molecule has 1 aromatic carbocycles. The van der Waals surface area contributed by atoms with Crippen LogP contribution in [0.2, 0.25) is 0 Å². The molecule has 1 aromatic rings. The average molecular weight is 268 g/mol. The Kier molecular flexibility index (Phi) is 4.89. The van der Waals surface area contributed by atoms with E-state index in [0.29, 0.717) is 12.1 Å². The highest BCUT2D eigenvalue weighted by atomic mass is 19.1. The van der Waals surface area contributed by atoms with Crippen LogP contribution in [-0.4, -0.2) is 24.6 Å². The molecule has 0 heterocycles. The highest BCUT2D eigenvalue weighted by Gasteiger charge is 2.27. The Hall–Kier alpha value is -1.62. The van der Waals surface area contributed by atoms with Crippen molar-refractivity contribution in [1.82, 2.24) is 10.6 Å². The van der Waals surface area contributed by atoms with Crippen molar-refractivity contribution >= 4 is 5.91 Å². The van der Waals surface area contributed by atoms with E-state index in [9.17, 15) is 14.3 Å². The molecule has 5 heteroatoms. The number of amides is 1. The number of aromatic hydroxyl groups is 1. The summed E-state index contributed by atoms with van der Waals surface area (Å²) in [6.45, 7) is 5.96. The fourth-order valence-corrected chi connectivity index (χ4v) is 1.82. The van der Waals surface area contributed by atoms with E-state index >= 15 is 0 Å². The Labute approximate surface area is 113 Å². The first kappa shape index (κ1) is 15.4. The summed E-state index contributed by atoms with van der Waals surface area (Å²) in [5.74, 6) is -0.618. The second-order valence-electron chi connectivity index (χ2n) is 5.27. The Morgan fingerprint density at radius 1 is 1.47 bits per heavy atom. The van der Waals surface area contributed by atoms with E-state index in [1.165, 1.54) is 12.1 Å². The van der Waals surface area contributed by atoms with Gasteiger partial charge in [0.1, 0.15) is 11.6 Å². The number of benzene rings is 1. The molecule has 4 nitrogen and oxygen atoms in total. The lowest BCUT2D eigenvalue weighted by atomic mass is 9.91. The van der Waals surface area contributed by atoms with Gasteiger partial charge in [0.05, 0.1) is 5.41 Å². The molecule has 0 saturated heterocycles. The molecule has 1 rings (SSSR count). The van der Waals surface area contributed by atoms with Gasteiger partial charge in [0, 0.05) is 31.3 Å². The number of carbonyl (C=O) groups is 1. The highest BCUT2D eigenvalue weighted by molar-refractivity contribution is 5.81. The van der Waals surface area contributed by atoms with Gasteiger partial charge in [-0.15, -0.1) is 0 Å². The molecule has 1 atom stereocenters. The number of hydrogen-bond acceptors (Lipinski definition) is 3. The normalized spacial score (nSPS) is 13.1. The number of halogens is 1. The van der Waals surface area contributed by atoms with Crippen molar-refractivity contribution in [1.29, 1.82) is 0 Å². The number of phenolic OH excluding ortho intramolecular Hbond substituents is 1. The van der Waals surface area contributed by atoms with Crippen molar-refractivity contribution < 1.29 is 14.3 Å². The first-order valence-electron chi connectivity index (χ1n) is 6.22. The fraction of sp³-hybridized carbons (Fsp3) is 0.500. The SMILES string of the molecule is CNC(=O)C(C)(C)CNC(C)c1ccc(F)cc1O. The lowest BCUT2D eigenvalue weighted by Gasteiger charge is -2.25. The van der Waals surface area contributed by atoms with E-state index in [1.807, 2.05) is 20.8 Å². The van der Waals surface area contributed by atoms with Gasteiger partial charge in [-0.25, -0.2) is 4.39 Å². The summed E-state index contributed by atoms with van der Waals surface area (Å²) in [5, 5.41) is 15.5. The van der Waals surface area contributed by atoms with Crippen LogP contribution in [0, 0.1) is 11.2 Å². The molecule has 0 bridgehead atoms. The maximum absolute atomic E-state index is 12.9. The van der Waals surface area contributed by atoms with Gasteiger partial charge in [-0.05, 0) is 26.8 Å². The lowest BCUT2D eigenvalue weighted by Crippen LogP contribution is -2.42. The van der Waals surface area contributed by atoms with E-state index < -0.39 is 11.2 Å². The molecule has 19 heavy (non-hydrogen) atoms. The summed E-state index contributed by atoms with van der Waals surface area (Å²) in [6.07, 6.45) is 0. The van der Waals surface area contributed by atoms with Gasteiger partial charge >= 0.3 is 0 Å². The third-order valence-corrected chi connectivity index (χ3v) is 3.15. The van der Waals surface area contributed by atoms with E-state index in [0.717, 1.165) is 6.07 Å². The molecule has 0 spiro atoms. The molecule has 0 aliphatic rings. The summed E-state index contributed by atoms with van der Waals surface area (Å²) in [6, 6.07) is 3.74. The average Bonchev–Trinajstić information content (AvgIpc) is 2.35. The minimum absolute atomic E-state index is 0.0597. The number of carbonyl (C=O) groups excluding carboxylic acids is 1. The van der Waals surface area contributed by atoms with E-state index in [1.54, 1.807) is 7.05 Å². The summed E-state index contributed by atoms with van der Waals surface area (Å²) in [7, 11) is 1.60. The van der Waals surface area contributed by atoms with Gasteiger partial charge in [0.2, 0.25) is 5.91 Å². The summed E-state index contributed by atoms with van der Waals surface area (Å²) >= 11 is 0. The van der Waals surface area contributed by atoms with E-state index in [2.05, 4.69) is 10.6 Å². The Bertz CT molecular complexity index is 461. The second kappa shape index (κ2) is 6.02. The maximum Gasteiger partial charge on any atom is 0.226 e. The quantitative estimate of drug-likeness (QED) is 0.765. The van der Waals surface area contributed by atoms with Crippen LogP contribution < -0.4 is 10.6 Å². The number of phenols is 1. The van der Waals surface area contributed by atoms with Crippen molar-refractivity contribution in [3.05, 3.63) is 29.6 Å². The topological polar surface area (TPSA) is 61.4 Å². The molecule has 0 aliphatic heterocycles. The molecule has 0 aliphatic carbocycles. The molecular weight excluding hydrogens is 247 g/mol. The number of nitrogens with one attached hydrogen (secondary N) is 2. The molecule has 0 radical (unpaired) electrons. The van der Waals surface area contributed by atoms with Crippen LogP contribution in [0.15, 0.2) is 18.2 Å². The van der Waals surface area contributed by atoms with E-state index in [4.69, 9.17) is 0 Å². The van der Waals surface area contributed by atoms with Gasteiger partial charge in [-0.3, -0.25) is 4.79 Å². The van der Waals surface area contributed by atoms with E-state index in [-0.39, 0.29) is 17.7 Å². The smallest absolute Gasteiger partial charge is 0.226 e. The zero-order valence-electron chi connectivity index (χ0n) is 11.7. The van der Waals surface area contributed by atoms with Gasteiger partial charge < -0.3 is 15.7 Å². The minimum Gasteiger partial charge on any atom is -0.508 e. The maximum atomic E-state index is 12.9. The zero-order chi connectivity index (χ0) is 14.6. The molecule has 0 aromatic heterocycles. The molecular formula is C14H21FN2O2. The lowest BCUT2D eigenvalue weighted by molar-refractivity contribution is -0.128. The van der Waals surface area contributed by atoms with Gasteiger partial charge in [0.25, 0.3) is 0 Å².